The Hall–Kier alpha value is -3.46. The van der Waals surface area contributed by atoms with E-state index >= 15 is 0 Å². The lowest BCUT2D eigenvalue weighted by Crippen LogP contribution is -2.34. The maximum Gasteiger partial charge on any atom is 0.405 e. The van der Waals surface area contributed by atoms with Crippen molar-refractivity contribution in [3.8, 4) is 11.5 Å². The van der Waals surface area contributed by atoms with Gasteiger partial charge >= 0.3 is 6.18 Å². The zero-order chi connectivity index (χ0) is 26.6. The van der Waals surface area contributed by atoms with E-state index in [9.17, 15) is 18.0 Å². The van der Waals surface area contributed by atoms with Crippen molar-refractivity contribution < 1.29 is 27.4 Å². The van der Waals surface area contributed by atoms with Crippen LogP contribution in [-0.4, -0.2) is 39.4 Å². The molecule has 1 unspecified atom stereocenters. The fraction of sp³-hybridized carbons (Fsp3) is 0.370. The van der Waals surface area contributed by atoms with Crippen LogP contribution in [0.2, 0.25) is 0 Å². The fourth-order valence-electron chi connectivity index (χ4n) is 3.90. The maximum atomic E-state index is 12.7. The van der Waals surface area contributed by atoms with Crippen LogP contribution < -0.4 is 25.4 Å². The number of alkyl halides is 3. The molecular weight excluding hydrogens is 471 g/mol. The molecule has 1 aliphatic carbocycles. The summed E-state index contributed by atoms with van der Waals surface area (Å²) >= 11 is 0. The normalized spacial score (nSPS) is 15.3. The molecule has 1 aliphatic rings. The van der Waals surface area contributed by atoms with E-state index < -0.39 is 18.6 Å². The van der Waals surface area contributed by atoms with Gasteiger partial charge in [-0.15, -0.1) is 0 Å². The van der Waals surface area contributed by atoms with Gasteiger partial charge in [-0.3, -0.25) is 4.79 Å². The number of amides is 1. The molecule has 3 rings (SSSR count). The SMILES string of the molecule is CC/C(C)=C\N(c1cc(OC)c(C(=O)NCC(F)(F)F)c(OC)c1)c1ccc(C2=CC2CN)cc1C. The van der Waals surface area contributed by atoms with E-state index in [0.717, 1.165) is 28.8 Å². The van der Waals surface area contributed by atoms with Crippen LogP contribution >= 0.6 is 0 Å². The van der Waals surface area contributed by atoms with Crippen LogP contribution in [0.5, 0.6) is 11.5 Å². The summed E-state index contributed by atoms with van der Waals surface area (Å²) in [7, 11) is 2.71. The summed E-state index contributed by atoms with van der Waals surface area (Å²) in [5.74, 6) is -0.426. The molecule has 0 heterocycles. The Kier molecular flexibility index (Phi) is 8.35. The molecule has 0 saturated carbocycles. The number of anilines is 2. The molecule has 6 nitrogen and oxygen atoms in total. The molecule has 2 aromatic carbocycles. The number of nitrogens with two attached hydrogens (primary N) is 1. The van der Waals surface area contributed by atoms with Crippen molar-refractivity contribution in [2.24, 2.45) is 11.7 Å². The average molecular weight is 504 g/mol. The zero-order valence-corrected chi connectivity index (χ0v) is 21.1. The molecule has 0 aliphatic heterocycles. The van der Waals surface area contributed by atoms with Crippen molar-refractivity contribution >= 4 is 22.9 Å². The molecule has 0 radical (unpaired) electrons. The third-order valence-electron chi connectivity index (χ3n) is 6.07. The van der Waals surface area contributed by atoms with E-state index in [-0.39, 0.29) is 17.1 Å². The number of carbonyl (C=O) groups is 1. The monoisotopic (exact) mass is 503 g/mol. The van der Waals surface area contributed by atoms with E-state index in [1.54, 1.807) is 12.1 Å². The first-order valence-corrected chi connectivity index (χ1v) is 11.6. The van der Waals surface area contributed by atoms with Crippen LogP contribution in [-0.2, 0) is 0 Å². The number of hydrogen-bond donors (Lipinski definition) is 2. The molecular formula is C27H32F3N3O3. The van der Waals surface area contributed by atoms with Gasteiger partial charge in [0.25, 0.3) is 5.91 Å². The summed E-state index contributed by atoms with van der Waals surface area (Å²) in [6, 6.07) is 9.39. The number of carbonyl (C=O) groups excluding carboxylic acids is 1. The summed E-state index contributed by atoms with van der Waals surface area (Å²) in [6.45, 7) is 5.18. The van der Waals surface area contributed by atoms with Gasteiger partial charge in [0.05, 0.1) is 19.9 Å². The van der Waals surface area contributed by atoms with E-state index in [2.05, 4.69) is 12.1 Å². The minimum absolute atomic E-state index is 0.0970. The lowest BCUT2D eigenvalue weighted by Gasteiger charge is -2.26. The van der Waals surface area contributed by atoms with E-state index in [0.29, 0.717) is 18.2 Å². The summed E-state index contributed by atoms with van der Waals surface area (Å²) in [5, 5.41) is 1.89. The number of nitrogens with one attached hydrogen (secondary N) is 1. The number of benzene rings is 2. The molecule has 0 saturated heterocycles. The van der Waals surface area contributed by atoms with Gasteiger partial charge in [-0.2, -0.15) is 13.2 Å². The lowest BCUT2D eigenvalue weighted by molar-refractivity contribution is -0.123. The molecule has 194 valence electrons. The molecule has 0 fully saturated rings. The van der Waals surface area contributed by atoms with Crippen molar-refractivity contribution in [1.82, 2.24) is 5.32 Å². The number of halogens is 3. The highest BCUT2D eigenvalue weighted by Gasteiger charge is 2.30. The average Bonchev–Trinajstić information content (AvgIpc) is 3.64. The fourth-order valence-corrected chi connectivity index (χ4v) is 3.90. The molecule has 0 spiro atoms. The van der Waals surface area contributed by atoms with Gasteiger partial charge in [-0.05, 0) is 49.1 Å². The minimum Gasteiger partial charge on any atom is -0.496 e. The topological polar surface area (TPSA) is 76.8 Å². The van der Waals surface area contributed by atoms with Crippen molar-refractivity contribution in [2.75, 3.05) is 32.2 Å². The number of hydrogen-bond acceptors (Lipinski definition) is 5. The Labute approximate surface area is 209 Å². The summed E-state index contributed by atoms with van der Waals surface area (Å²) in [4.78, 5) is 14.6. The van der Waals surface area contributed by atoms with Crippen LogP contribution in [0.1, 0.15) is 41.8 Å². The van der Waals surface area contributed by atoms with E-state index in [1.807, 2.05) is 49.3 Å². The molecule has 0 aromatic heterocycles. The Bertz CT molecular complexity index is 1160. The van der Waals surface area contributed by atoms with Gasteiger partial charge in [0.15, 0.2) is 0 Å². The third kappa shape index (κ3) is 6.20. The lowest BCUT2D eigenvalue weighted by atomic mass is 10.0. The second-order valence-electron chi connectivity index (χ2n) is 8.69. The highest BCUT2D eigenvalue weighted by atomic mass is 19.4. The summed E-state index contributed by atoms with van der Waals surface area (Å²) in [5.41, 5.74) is 11.7. The van der Waals surface area contributed by atoms with Crippen molar-refractivity contribution in [2.45, 2.75) is 33.4 Å². The minimum atomic E-state index is -4.54. The van der Waals surface area contributed by atoms with E-state index in [4.69, 9.17) is 15.2 Å². The highest BCUT2D eigenvalue weighted by molar-refractivity contribution is 6.00. The first kappa shape index (κ1) is 27.1. The van der Waals surface area contributed by atoms with Gasteiger partial charge in [-0.1, -0.05) is 24.6 Å². The standard InChI is InChI=1S/C27H32F3N3O3/c1-6-16(2)14-33(22-8-7-18(9-17(22)3)21-10-19(21)13-31)20-11-23(35-4)25(24(12-20)36-5)26(34)32-15-27(28,29)30/h7-12,14,19H,6,13,15,31H2,1-5H3,(H,32,34)/b16-14-. The number of nitrogens with zero attached hydrogens (tertiary/aromatic N) is 1. The largest absolute Gasteiger partial charge is 0.496 e. The summed E-state index contributed by atoms with van der Waals surface area (Å²) in [6.07, 6.45) is 0.398. The van der Waals surface area contributed by atoms with Crippen LogP contribution in [0.4, 0.5) is 24.5 Å². The smallest absolute Gasteiger partial charge is 0.405 e. The van der Waals surface area contributed by atoms with Crippen molar-refractivity contribution in [3.63, 3.8) is 0 Å². The predicted molar refractivity (Wildman–Crippen MR) is 136 cm³/mol. The molecule has 36 heavy (non-hydrogen) atoms. The van der Waals surface area contributed by atoms with Crippen LogP contribution in [0.25, 0.3) is 5.57 Å². The molecule has 1 amide bonds. The molecule has 3 N–H and O–H groups in total. The first-order valence-electron chi connectivity index (χ1n) is 11.6. The van der Waals surface area contributed by atoms with Crippen molar-refractivity contribution in [3.05, 3.63) is 64.9 Å². The maximum absolute atomic E-state index is 12.7. The number of allylic oxidation sites excluding steroid dienone is 1. The van der Waals surface area contributed by atoms with Gasteiger partial charge < -0.3 is 25.4 Å². The Balaban J connectivity index is 2.07. The highest BCUT2D eigenvalue weighted by Crippen LogP contribution is 2.42. The van der Waals surface area contributed by atoms with Gasteiger partial charge in [-0.25, -0.2) is 0 Å². The van der Waals surface area contributed by atoms with Gasteiger partial charge in [0, 0.05) is 36.5 Å². The quantitative estimate of drug-likeness (QED) is 0.433. The van der Waals surface area contributed by atoms with E-state index in [1.165, 1.54) is 19.8 Å². The van der Waals surface area contributed by atoms with Crippen LogP contribution in [0.15, 0.2) is 48.2 Å². The molecule has 2 aromatic rings. The van der Waals surface area contributed by atoms with Crippen molar-refractivity contribution in [1.29, 1.82) is 0 Å². The first-order chi connectivity index (χ1) is 17.0. The zero-order valence-electron chi connectivity index (χ0n) is 21.1. The van der Waals surface area contributed by atoms with Gasteiger partial charge in [0.2, 0.25) is 0 Å². The number of rotatable bonds is 10. The number of methoxy groups -OCH3 is 2. The second kappa shape index (κ2) is 11.1. The summed E-state index contributed by atoms with van der Waals surface area (Å²) < 4.78 is 48.9. The van der Waals surface area contributed by atoms with Crippen LogP contribution in [0, 0.1) is 12.8 Å². The molecule has 0 bridgehead atoms. The van der Waals surface area contributed by atoms with Crippen LogP contribution in [0.3, 0.4) is 0 Å². The Morgan fingerprint density at radius 3 is 2.28 bits per heavy atom. The number of ether oxygens (including phenoxy) is 2. The van der Waals surface area contributed by atoms with Gasteiger partial charge in [0.1, 0.15) is 23.6 Å². The number of aryl methyl sites for hydroxylation is 1. The Morgan fingerprint density at radius 2 is 1.81 bits per heavy atom. The Morgan fingerprint density at radius 1 is 1.17 bits per heavy atom. The second-order valence-corrected chi connectivity index (χ2v) is 8.69. The molecule has 9 heteroatoms. The predicted octanol–water partition coefficient (Wildman–Crippen LogP) is 5.73. The molecule has 1 atom stereocenters. The third-order valence-corrected chi connectivity index (χ3v) is 6.07.